The molecule has 0 amide bonds. The first kappa shape index (κ1) is 31.6. The first-order valence-corrected chi connectivity index (χ1v) is 17.1. The molecule has 32 heavy (non-hydrogen) atoms. The minimum Gasteiger partial charge on any atom is -1.00 e. The zero-order valence-electron chi connectivity index (χ0n) is 20.3. The number of hydrogen-bond donors (Lipinski definition) is 0. The van der Waals surface area contributed by atoms with E-state index in [1.807, 2.05) is 6.07 Å². The molecular formula is C26H34Cl2OSi2Zr. The van der Waals surface area contributed by atoms with Crippen LogP contribution in [0.2, 0.25) is 32.7 Å². The molecule has 0 radical (unpaired) electrons. The van der Waals surface area contributed by atoms with E-state index in [1.54, 1.807) is 0 Å². The zero-order chi connectivity index (χ0) is 21.2. The molecule has 0 heterocycles. The van der Waals surface area contributed by atoms with Crippen molar-refractivity contribution in [2.45, 2.75) is 65.3 Å². The fourth-order valence-electron chi connectivity index (χ4n) is 4.26. The van der Waals surface area contributed by atoms with Crippen molar-refractivity contribution in [3.63, 3.8) is 0 Å². The molecule has 0 saturated carbocycles. The summed E-state index contributed by atoms with van der Waals surface area (Å²) in [6, 6.07) is 18.2. The Hall–Kier alpha value is -0.383. The molecule has 0 spiro atoms. The van der Waals surface area contributed by atoms with Crippen molar-refractivity contribution in [2.24, 2.45) is 0 Å². The number of fused-ring (bicyclic) bond motifs is 3. The SMILES string of the molecule is CC1c2[c-]cccc2-c2ccccc21.CCC1=C(O[Si](C)(C)C)C[C-]=C1[SiH](C)C.[Cl-].[Cl-].[Zr+4]. The first-order valence-electron chi connectivity index (χ1n) is 10.8. The van der Waals surface area contributed by atoms with Crippen LogP contribution in [0.3, 0.4) is 0 Å². The molecular weight excluding hydrogens is 547 g/mol. The van der Waals surface area contributed by atoms with Crippen LogP contribution >= 0.6 is 0 Å². The second kappa shape index (κ2) is 13.5. The summed E-state index contributed by atoms with van der Waals surface area (Å²) in [5.41, 5.74) is 6.99. The average molecular weight is 581 g/mol. The van der Waals surface area contributed by atoms with Gasteiger partial charge in [0, 0.05) is 8.80 Å². The van der Waals surface area contributed by atoms with Gasteiger partial charge in [-0.2, -0.15) is 29.8 Å². The van der Waals surface area contributed by atoms with Crippen molar-refractivity contribution < 1.29 is 55.4 Å². The minimum atomic E-state index is -1.44. The van der Waals surface area contributed by atoms with Crippen LogP contribution in [-0.4, -0.2) is 17.1 Å². The van der Waals surface area contributed by atoms with Crippen LogP contribution in [0.1, 0.15) is 43.7 Å². The van der Waals surface area contributed by atoms with E-state index in [-0.39, 0.29) is 51.0 Å². The molecule has 2 aromatic rings. The summed E-state index contributed by atoms with van der Waals surface area (Å²) in [5.74, 6) is 1.73. The summed E-state index contributed by atoms with van der Waals surface area (Å²) in [6.07, 6.45) is 5.56. The molecule has 0 N–H and O–H groups in total. The summed E-state index contributed by atoms with van der Waals surface area (Å²) in [4.78, 5) is 0. The van der Waals surface area contributed by atoms with Crippen LogP contribution in [0.5, 0.6) is 0 Å². The Morgan fingerprint density at radius 2 is 1.66 bits per heavy atom. The Labute approximate surface area is 229 Å². The molecule has 0 aromatic heterocycles. The van der Waals surface area contributed by atoms with Crippen LogP contribution in [-0.2, 0) is 30.6 Å². The summed E-state index contributed by atoms with van der Waals surface area (Å²) in [5, 5.41) is 1.52. The zero-order valence-corrected chi connectivity index (χ0v) is 26.4. The van der Waals surface area contributed by atoms with Gasteiger partial charge >= 0.3 is 26.2 Å². The topological polar surface area (TPSA) is 9.23 Å². The van der Waals surface area contributed by atoms with E-state index in [1.165, 1.54) is 38.8 Å². The molecule has 6 heteroatoms. The van der Waals surface area contributed by atoms with Crippen molar-refractivity contribution in [2.75, 3.05) is 0 Å². The van der Waals surface area contributed by atoms with Crippen LogP contribution in [0, 0.1) is 12.1 Å². The molecule has 1 unspecified atom stereocenters. The van der Waals surface area contributed by atoms with Crippen molar-refractivity contribution >= 4 is 17.1 Å². The Morgan fingerprint density at radius 1 is 1.03 bits per heavy atom. The van der Waals surface area contributed by atoms with Gasteiger partial charge in [0.25, 0.3) is 0 Å². The largest absolute Gasteiger partial charge is 4.00 e. The predicted molar refractivity (Wildman–Crippen MR) is 130 cm³/mol. The predicted octanol–water partition coefficient (Wildman–Crippen LogP) is 1.29. The molecule has 0 bridgehead atoms. The fraction of sp³-hybridized carbons (Fsp3) is 0.385. The van der Waals surface area contributed by atoms with Gasteiger partial charge in [-0.1, -0.05) is 69.6 Å². The Kier molecular flexibility index (Phi) is 13.3. The Bertz CT molecular complexity index is 903. The van der Waals surface area contributed by atoms with Gasteiger partial charge in [0.15, 0.2) is 0 Å². The smallest absolute Gasteiger partial charge is 1.00 e. The van der Waals surface area contributed by atoms with Gasteiger partial charge in [0.1, 0.15) is 0 Å². The second-order valence-corrected chi connectivity index (χ2v) is 16.5. The van der Waals surface area contributed by atoms with Gasteiger partial charge in [-0.05, 0) is 36.9 Å². The number of benzene rings is 2. The summed E-state index contributed by atoms with van der Waals surface area (Å²) < 4.78 is 6.14. The van der Waals surface area contributed by atoms with Crippen molar-refractivity contribution in [3.05, 3.63) is 82.3 Å². The maximum Gasteiger partial charge on any atom is 4.00 e. The van der Waals surface area contributed by atoms with Crippen LogP contribution in [0.4, 0.5) is 0 Å². The molecule has 1 nitrogen and oxygen atoms in total. The molecule has 0 fully saturated rings. The van der Waals surface area contributed by atoms with Gasteiger partial charge in [-0.3, -0.25) is 6.08 Å². The molecule has 0 aliphatic heterocycles. The van der Waals surface area contributed by atoms with E-state index in [4.69, 9.17) is 4.43 Å². The monoisotopic (exact) mass is 578 g/mol. The number of hydrogen-bond acceptors (Lipinski definition) is 1. The average Bonchev–Trinajstić information content (AvgIpc) is 3.21. The van der Waals surface area contributed by atoms with Gasteiger partial charge in [0.05, 0.1) is 0 Å². The second-order valence-electron chi connectivity index (χ2n) is 9.20. The summed E-state index contributed by atoms with van der Waals surface area (Å²) in [6.45, 7) is 16.0. The fourth-order valence-corrected chi connectivity index (χ4v) is 6.77. The molecule has 170 valence electrons. The first-order chi connectivity index (χ1) is 13.7. The third-order valence-corrected chi connectivity index (χ3v) is 8.07. The van der Waals surface area contributed by atoms with Crippen molar-refractivity contribution in [3.8, 4) is 11.1 Å². The maximum atomic E-state index is 6.14. The van der Waals surface area contributed by atoms with E-state index in [0.717, 1.165) is 12.8 Å². The van der Waals surface area contributed by atoms with E-state index in [2.05, 4.69) is 95.1 Å². The van der Waals surface area contributed by atoms with E-state index in [0.29, 0.717) is 5.92 Å². The van der Waals surface area contributed by atoms with Crippen LogP contribution < -0.4 is 24.8 Å². The standard InChI is InChI=1S/C14H11.C12H23OSi2.2ClH.Zr/c1-10-11-6-2-4-8-13(11)14-9-5-3-7-12(10)14;1-7-10-11(13-15(4,5)6)8-9-12(10)14(2)3;;;/h2-6,8-10H,1H3;14H,7-8H2,1-6H3;2*1H;/q2*-1;;;+4/p-2. The van der Waals surface area contributed by atoms with Crippen molar-refractivity contribution in [1.82, 2.24) is 0 Å². The Morgan fingerprint density at radius 3 is 2.25 bits per heavy atom. The summed E-state index contributed by atoms with van der Waals surface area (Å²) >= 11 is 0. The van der Waals surface area contributed by atoms with Crippen LogP contribution in [0.25, 0.3) is 11.1 Å². The van der Waals surface area contributed by atoms with Gasteiger partial charge < -0.3 is 29.2 Å². The number of halogens is 2. The summed E-state index contributed by atoms with van der Waals surface area (Å²) in [7, 11) is -2.16. The van der Waals surface area contributed by atoms with Gasteiger partial charge in [-0.25, -0.2) is 5.20 Å². The quantitative estimate of drug-likeness (QED) is 0.391. The van der Waals surface area contributed by atoms with E-state index in [9.17, 15) is 0 Å². The molecule has 4 rings (SSSR count). The molecule has 2 aromatic carbocycles. The number of allylic oxidation sites excluding steroid dienone is 3. The molecule has 1 atom stereocenters. The molecule has 0 saturated heterocycles. The van der Waals surface area contributed by atoms with E-state index >= 15 is 0 Å². The molecule has 2 aliphatic rings. The third kappa shape index (κ3) is 7.31. The number of rotatable bonds is 4. The Balaban J connectivity index is 0.000000549. The molecule has 2 aliphatic carbocycles. The van der Waals surface area contributed by atoms with Gasteiger partial charge in [-0.15, -0.1) is 11.1 Å². The normalized spacial score (nSPS) is 15.9. The van der Waals surface area contributed by atoms with E-state index < -0.39 is 17.1 Å². The minimum absolute atomic E-state index is 0. The van der Waals surface area contributed by atoms with Crippen LogP contribution in [0.15, 0.2) is 59.0 Å². The maximum absolute atomic E-state index is 6.14. The van der Waals surface area contributed by atoms with Crippen molar-refractivity contribution in [1.29, 1.82) is 0 Å². The third-order valence-electron chi connectivity index (χ3n) is 5.50. The van der Waals surface area contributed by atoms with Gasteiger partial charge in [0.2, 0.25) is 8.32 Å².